The molecule has 0 aromatic heterocycles. The molecule has 0 saturated carbocycles. The minimum absolute atomic E-state index is 0.0405. The Morgan fingerprint density at radius 2 is 2.40 bits per heavy atom. The van der Waals surface area contributed by atoms with E-state index >= 15 is 0 Å². The summed E-state index contributed by atoms with van der Waals surface area (Å²) in [4.78, 5) is 13.8. The summed E-state index contributed by atoms with van der Waals surface area (Å²) in [6.45, 7) is 7.61. The van der Waals surface area contributed by atoms with Crippen LogP contribution in [0, 0.1) is 5.92 Å². The fourth-order valence-electron chi connectivity index (χ4n) is 1.99. The Kier molecular flexibility index (Phi) is 4.82. The van der Waals surface area contributed by atoms with Gasteiger partial charge in [-0.15, -0.1) is 6.58 Å². The number of hydrogen-bond donors (Lipinski definition) is 1. The number of nitrogens with one attached hydrogen (secondary N) is 1. The molecule has 3 nitrogen and oxygen atoms in total. The fraction of sp³-hybridized carbons (Fsp3) is 0.750. The first kappa shape index (κ1) is 12.2. The molecule has 3 heteroatoms. The van der Waals surface area contributed by atoms with E-state index in [1.165, 1.54) is 0 Å². The number of hydrogen-bond acceptors (Lipinski definition) is 2. The predicted octanol–water partition coefficient (Wildman–Crippen LogP) is 1.41. The summed E-state index contributed by atoms with van der Waals surface area (Å²) in [5.41, 5.74) is 0. The molecule has 1 aliphatic rings. The number of nitrogens with zero attached hydrogens (tertiary/aromatic N) is 1. The molecule has 0 aromatic carbocycles. The molecule has 0 aliphatic carbocycles. The van der Waals surface area contributed by atoms with Crippen LogP contribution in [0.3, 0.4) is 0 Å². The predicted molar refractivity (Wildman–Crippen MR) is 62.6 cm³/mol. The van der Waals surface area contributed by atoms with Crippen LogP contribution in [0.25, 0.3) is 0 Å². The van der Waals surface area contributed by atoms with Crippen molar-refractivity contribution in [1.29, 1.82) is 0 Å². The lowest BCUT2D eigenvalue weighted by atomic mass is 10.0. The van der Waals surface area contributed by atoms with E-state index < -0.39 is 0 Å². The molecular formula is C12H22N2O. The minimum Gasteiger partial charge on any atom is -0.344 e. The lowest BCUT2D eigenvalue weighted by molar-refractivity contribution is -0.132. The summed E-state index contributed by atoms with van der Waals surface area (Å²) in [6, 6.07) is 0.0405. The average molecular weight is 210 g/mol. The topological polar surface area (TPSA) is 32.3 Å². The molecule has 0 radical (unpaired) electrons. The van der Waals surface area contributed by atoms with E-state index in [0.29, 0.717) is 5.92 Å². The van der Waals surface area contributed by atoms with Crippen molar-refractivity contribution >= 4 is 5.91 Å². The van der Waals surface area contributed by atoms with Crippen LogP contribution in [-0.2, 0) is 4.79 Å². The molecule has 1 amide bonds. The van der Waals surface area contributed by atoms with E-state index in [4.69, 9.17) is 0 Å². The van der Waals surface area contributed by atoms with E-state index in [-0.39, 0.29) is 11.9 Å². The van der Waals surface area contributed by atoms with Gasteiger partial charge in [-0.1, -0.05) is 13.0 Å². The normalized spacial score (nSPS) is 25.2. The average Bonchev–Trinajstić information content (AvgIpc) is 2.63. The number of unbranched alkanes of at least 4 members (excludes halogenated alkanes) is 1. The quantitative estimate of drug-likeness (QED) is 0.549. The number of rotatable bonds is 5. The number of allylic oxidation sites excluding steroid dienone is 1. The zero-order chi connectivity index (χ0) is 11.3. The molecule has 1 saturated heterocycles. The maximum Gasteiger partial charge on any atom is 0.239 e. The molecule has 1 rings (SSSR count). The third kappa shape index (κ3) is 3.34. The highest BCUT2D eigenvalue weighted by Crippen LogP contribution is 2.16. The maximum absolute atomic E-state index is 12.0. The van der Waals surface area contributed by atoms with Gasteiger partial charge in [-0.25, -0.2) is 0 Å². The van der Waals surface area contributed by atoms with Gasteiger partial charge in [0.1, 0.15) is 0 Å². The van der Waals surface area contributed by atoms with Crippen molar-refractivity contribution in [3.8, 4) is 0 Å². The van der Waals surface area contributed by atoms with E-state index in [1.54, 1.807) is 0 Å². The van der Waals surface area contributed by atoms with Crippen LogP contribution in [0.5, 0.6) is 0 Å². The Balaban J connectivity index is 2.34. The van der Waals surface area contributed by atoms with Crippen molar-refractivity contribution in [3.05, 3.63) is 12.7 Å². The third-order valence-corrected chi connectivity index (χ3v) is 3.08. The maximum atomic E-state index is 12.0. The third-order valence-electron chi connectivity index (χ3n) is 3.08. The fourth-order valence-corrected chi connectivity index (χ4v) is 1.99. The Hall–Kier alpha value is -0.830. The van der Waals surface area contributed by atoms with Gasteiger partial charge in [-0.05, 0) is 31.7 Å². The van der Waals surface area contributed by atoms with E-state index in [2.05, 4.69) is 18.8 Å². The van der Waals surface area contributed by atoms with Crippen LogP contribution in [-0.4, -0.2) is 37.0 Å². The Morgan fingerprint density at radius 3 is 2.93 bits per heavy atom. The molecule has 0 bridgehead atoms. The summed E-state index contributed by atoms with van der Waals surface area (Å²) in [7, 11) is 1.89. The van der Waals surface area contributed by atoms with Gasteiger partial charge in [0.05, 0.1) is 6.04 Å². The second kappa shape index (κ2) is 5.91. The van der Waals surface area contributed by atoms with Crippen molar-refractivity contribution in [1.82, 2.24) is 10.2 Å². The Labute approximate surface area is 92.5 Å². The number of likely N-dealkylation sites (N-methyl/N-ethyl adjacent to an activating group) is 1. The molecule has 15 heavy (non-hydrogen) atoms. The Bertz CT molecular complexity index is 228. The summed E-state index contributed by atoms with van der Waals surface area (Å²) in [5.74, 6) is 0.711. The smallest absolute Gasteiger partial charge is 0.239 e. The van der Waals surface area contributed by atoms with Crippen molar-refractivity contribution in [2.45, 2.75) is 32.2 Å². The summed E-state index contributed by atoms with van der Waals surface area (Å²) in [6.07, 6.45) is 4.99. The lowest BCUT2D eigenvalue weighted by Crippen LogP contribution is -2.44. The lowest BCUT2D eigenvalue weighted by Gasteiger charge is -2.23. The minimum atomic E-state index is 0.0405. The van der Waals surface area contributed by atoms with Crippen molar-refractivity contribution in [3.63, 3.8) is 0 Å². The largest absolute Gasteiger partial charge is 0.344 e. The monoisotopic (exact) mass is 210 g/mol. The first-order valence-corrected chi connectivity index (χ1v) is 5.76. The highest BCUT2D eigenvalue weighted by atomic mass is 16.2. The van der Waals surface area contributed by atoms with Gasteiger partial charge >= 0.3 is 0 Å². The van der Waals surface area contributed by atoms with Gasteiger partial charge in [-0.2, -0.15) is 0 Å². The molecule has 86 valence electrons. The van der Waals surface area contributed by atoms with E-state index in [1.807, 2.05) is 18.0 Å². The zero-order valence-corrected chi connectivity index (χ0v) is 9.83. The van der Waals surface area contributed by atoms with Crippen LogP contribution in [0.15, 0.2) is 12.7 Å². The zero-order valence-electron chi connectivity index (χ0n) is 9.83. The van der Waals surface area contributed by atoms with Crippen molar-refractivity contribution in [2.24, 2.45) is 5.92 Å². The van der Waals surface area contributed by atoms with Crippen LogP contribution in [0.4, 0.5) is 0 Å². The summed E-state index contributed by atoms with van der Waals surface area (Å²) in [5, 5.41) is 3.27. The summed E-state index contributed by atoms with van der Waals surface area (Å²) < 4.78 is 0. The standard InChI is InChI=1S/C12H22N2O/c1-4-5-6-9-14(3)12(15)11-10(2)7-8-13-11/h4,10-11,13H,1,5-9H2,2-3H3. The van der Waals surface area contributed by atoms with Crippen LogP contribution in [0.1, 0.15) is 26.2 Å². The highest BCUT2D eigenvalue weighted by molar-refractivity contribution is 5.82. The highest BCUT2D eigenvalue weighted by Gasteiger charge is 2.30. The van der Waals surface area contributed by atoms with E-state index in [9.17, 15) is 4.79 Å². The van der Waals surface area contributed by atoms with Crippen molar-refractivity contribution < 1.29 is 4.79 Å². The first-order chi connectivity index (χ1) is 7.16. The van der Waals surface area contributed by atoms with Crippen LogP contribution < -0.4 is 5.32 Å². The molecule has 1 N–H and O–H groups in total. The van der Waals surface area contributed by atoms with E-state index in [0.717, 1.165) is 32.4 Å². The van der Waals surface area contributed by atoms with Gasteiger partial charge in [0, 0.05) is 13.6 Å². The van der Waals surface area contributed by atoms with Crippen LogP contribution >= 0.6 is 0 Å². The molecular weight excluding hydrogens is 188 g/mol. The molecule has 2 atom stereocenters. The second-order valence-electron chi connectivity index (χ2n) is 4.39. The molecule has 1 fully saturated rings. The van der Waals surface area contributed by atoms with Gasteiger partial charge in [0.25, 0.3) is 0 Å². The van der Waals surface area contributed by atoms with Crippen LogP contribution in [0.2, 0.25) is 0 Å². The van der Waals surface area contributed by atoms with Gasteiger partial charge in [0.15, 0.2) is 0 Å². The van der Waals surface area contributed by atoms with Gasteiger partial charge in [0.2, 0.25) is 5.91 Å². The van der Waals surface area contributed by atoms with Gasteiger partial charge < -0.3 is 10.2 Å². The number of carbonyl (C=O) groups is 1. The number of carbonyl (C=O) groups excluding carboxylic acids is 1. The number of amides is 1. The molecule has 0 spiro atoms. The summed E-state index contributed by atoms with van der Waals surface area (Å²) >= 11 is 0. The molecule has 2 unspecified atom stereocenters. The SMILES string of the molecule is C=CCCCN(C)C(=O)C1NCCC1C. The molecule has 1 heterocycles. The first-order valence-electron chi connectivity index (χ1n) is 5.76. The Morgan fingerprint density at radius 1 is 1.67 bits per heavy atom. The molecule has 1 aliphatic heterocycles. The van der Waals surface area contributed by atoms with Crippen molar-refractivity contribution in [2.75, 3.05) is 20.1 Å². The van der Waals surface area contributed by atoms with Gasteiger partial charge in [-0.3, -0.25) is 4.79 Å². The second-order valence-corrected chi connectivity index (χ2v) is 4.39. The molecule has 0 aromatic rings.